The number of rotatable bonds is 7. The Labute approximate surface area is 185 Å². The Balaban J connectivity index is 0.00000392. The number of nitrogens with zero attached hydrogens (tertiary/aromatic N) is 2. The number of benzene rings is 2. The van der Waals surface area contributed by atoms with Crippen LogP contribution >= 0.6 is 24.0 Å². The molecule has 0 unspecified atom stereocenters. The minimum absolute atomic E-state index is 0. The van der Waals surface area contributed by atoms with Crippen molar-refractivity contribution in [1.82, 2.24) is 4.31 Å². The first-order chi connectivity index (χ1) is 12.8. The molecule has 0 aliphatic rings. The lowest BCUT2D eigenvalue weighted by Gasteiger charge is -2.15. The average molecular weight is 516 g/mol. The molecular formula is C20H29IN4O2S. The maximum Gasteiger partial charge on any atom is 0.242 e. The van der Waals surface area contributed by atoms with Crippen LogP contribution in [0, 0.1) is 0 Å². The molecular weight excluding hydrogens is 487 g/mol. The predicted octanol–water partition coefficient (Wildman–Crippen LogP) is 3.61. The highest BCUT2D eigenvalue weighted by Gasteiger charge is 2.16. The van der Waals surface area contributed by atoms with E-state index in [4.69, 9.17) is 5.73 Å². The predicted molar refractivity (Wildman–Crippen MR) is 127 cm³/mol. The SMILES string of the molecule is CCc1cccc(CC)c1NC(N)=NCc1ccc(S(=O)(=O)N(C)C)cc1.I. The summed E-state index contributed by atoms with van der Waals surface area (Å²) in [5.41, 5.74) is 10.4. The topological polar surface area (TPSA) is 87.8 Å². The van der Waals surface area contributed by atoms with Crippen LogP contribution in [0.25, 0.3) is 0 Å². The number of nitrogens with one attached hydrogen (secondary N) is 1. The molecule has 3 N–H and O–H groups in total. The third-order valence-corrected chi connectivity index (χ3v) is 6.22. The molecule has 2 aromatic rings. The zero-order chi connectivity index (χ0) is 20.0. The van der Waals surface area contributed by atoms with Gasteiger partial charge in [0.15, 0.2) is 5.96 Å². The molecule has 6 nitrogen and oxygen atoms in total. The standard InChI is InChI=1S/C20H28N4O2S.HI/c1-5-16-8-7-9-17(6-2)19(16)23-20(21)22-14-15-10-12-18(13-11-15)27(25,26)24(3)4;/h7-13H,5-6,14H2,1-4H3,(H3,21,22,23);1H. The molecule has 0 heterocycles. The molecule has 0 saturated heterocycles. The third kappa shape index (κ3) is 5.92. The summed E-state index contributed by atoms with van der Waals surface area (Å²) in [4.78, 5) is 4.65. The first-order valence-corrected chi connectivity index (χ1v) is 10.4. The Morgan fingerprint density at radius 2 is 1.57 bits per heavy atom. The Morgan fingerprint density at radius 1 is 1.04 bits per heavy atom. The molecule has 2 aromatic carbocycles. The van der Waals surface area contributed by atoms with E-state index >= 15 is 0 Å². The van der Waals surface area contributed by atoms with E-state index in [0.717, 1.165) is 24.1 Å². The second-order valence-corrected chi connectivity index (χ2v) is 8.57. The Bertz CT molecular complexity index is 888. The smallest absolute Gasteiger partial charge is 0.242 e. The maximum absolute atomic E-state index is 12.1. The minimum Gasteiger partial charge on any atom is -0.370 e. The third-order valence-electron chi connectivity index (χ3n) is 4.39. The van der Waals surface area contributed by atoms with Gasteiger partial charge in [-0.15, -0.1) is 24.0 Å². The normalized spacial score (nSPS) is 12.0. The van der Waals surface area contributed by atoms with Crippen LogP contribution in [0.4, 0.5) is 5.69 Å². The van der Waals surface area contributed by atoms with Crippen molar-refractivity contribution in [2.45, 2.75) is 38.1 Å². The lowest BCUT2D eigenvalue weighted by Crippen LogP contribution is -2.24. The number of guanidine groups is 1. The molecule has 8 heteroatoms. The van der Waals surface area contributed by atoms with Crippen LogP contribution in [-0.2, 0) is 29.4 Å². The fourth-order valence-electron chi connectivity index (χ4n) is 2.72. The van der Waals surface area contributed by atoms with Gasteiger partial charge in [0.1, 0.15) is 0 Å². The molecule has 0 aliphatic heterocycles. The lowest BCUT2D eigenvalue weighted by molar-refractivity contribution is 0.520. The zero-order valence-electron chi connectivity index (χ0n) is 16.8. The summed E-state index contributed by atoms with van der Waals surface area (Å²) >= 11 is 0. The van der Waals surface area contributed by atoms with Crippen molar-refractivity contribution in [3.8, 4) is 0 Å². The summed E-state index contributed by atoms with van der Waals surface area (Å²) in [5.74, 6) is 0.343. The van der Waals surface area contributed by atoms with Gasteiger partial charge >= 0.3 is 0 Å². The van der Waals surface area contributed by atoms with Crippen LogP contribution in [0.5, 0.6) is 0 Å². The zero-order valence-corrected chi connectivity index (χ0v) is 19.9. The lowest BCUT2D eigenvalue weighted by atomic mass is 10.0. The number of nitrogens with two attached hydrogens (primary N) is 1. The van der Waals surface area contributed by atoms with E-state index in [2.05, 4.69) is 42.4 Å². The molecule has 0 aliphatic carbocycles. The van der Waals surface area contributed by atoms with Crippen molar-refractivity contribution < 1.29 is 8.42 Å². The van der Waals surface area contributed by atoms with E-state index in [1.807, 2.05) is 0 Å². The van der Waals surface area contributed by atoms with Crippen molar-refractivity contribution in [2.24, 2.45) is 10.7 Å². The van der Waals surface area contributed by atoms with Gasteiger partial charge in [0.2, 0.25) is 10.0 Å². The molecule has 28 heavy (non-hydrogen) atoms. The van der Waals surface area contributed by atoms with Gasteiger partial charge in [-0.1, -0.05) is 44.2 Å². The number of hydrogen-bond acceptors (Lipinski definition) is 3. The van der Waals surface area contributed by atoms with Gasteiger partial charge in [-0.05, 0) is 41.7 Å². The molecule has 0 aromatic heterocycles. The Kier molecular flexibility index (Phi) is 9.38. The van der Waals surface area contributed by atoms with Crippen LogP contribution < -0.4 is 11.1 Å². The number of halogens is 1. The number of para-hydroxylation sites is 1. The second kappa shape index (κ2) is 10.8. The van der Waals surface area contributed by atoms with E-state index in [1.165, 1.54) is 29.5 Å². The van der Waals surface area contributed by atoms with Crippen molar-refractivity contribution in [3.05, 3.63) is 59.2 Å². The van der Waals surface area contributed by atoms with Gasteiger partial charge in [-0.25, -0.2) is 17.7 Å². The van der Waals surface area contributed by atoms with Gasteiger partial charge in [-0.3, -0.25) is 0 Å². The van der Waals surface area contributed by atoms with Crippen LogP contribution in [0.3, 0.4) is 0 Å². The van der Waals surface area contributed by atoms with Gasteiger partial charge in [-0.2, -0.15) is 0 Å². The first-order valence-electron chi connectivity index (χ1n) is 8.98. The van der Waals surface area contributed by atoms with Gasteiger partial charge < -0.3 is 11.1 Å². The van der Waals surface area contributed by atoms with Crippen molar-refractivity contribution in [1.29, 1.82) is 0 Å². The molecule has 0 bridgehead atoms. The monoisotopic (exact) mass is 516 g/mol. The van der Waals surface area contributed by atoms with Crippen molar-refractivity contribution in [3.63, 3.8) is 0 Å². The molecule has 154 valence electrons. The van der Waals surface area contributed by atoms with Gasteiger partial charge in [0, 0.05) is 19.8 Å². The second-order valence-electron chi connectivity index (χ2n) is 6.42. The summed E-state index contributed by atoms with van der Waals surface area (Å²) in [5, 5.41) is 3.23. The van der Waals surface area contributed by atoms with Gasteiger partial charge in [0.25, 0.3) is 0 Å². The molecule has 0 spiro atoms. The minimum atomic E-state index is -3.42. The van der Waals surface area contributed by atoms with Crippen LogP contribution in [-0.4, -0.2) is 32.8 Å². The summed E-state index contributed by atoms with van der Waals surface area (Å²) in [7, 11) is -0.396. The van der Waals surface area contributed by atoms with Crippen LogP contribution in [0.2, 0.25) is 0 Å². The average Bonchev–Trinajstić information content (AvgIpc) is 2.66. The summed E-state index contributed by atoms with van der Waals surface area (Å²) < 4.78 is 25.4. The highest BCUT2D eigenvalue weighted by Crippen LogP contribution is 2.22. The van der Waals surface area contributed by atoms with Gasteiger partial charge in [0.05, 0.1) is 11.4 Å². The molecule has 0 atom stereocenters. The van der Waals surface area contributed by atoms with E-state index in [0.29, 0.717) is 12.5 Å². The fraction of sp³-hybridized carbons (Fsp3) is 0.350. The number of sulfonamides is 1. The Morgan fingerprint density at radius 3 is 2.04 bits per heavy atom. The molecule has 2 rings (SSSR count). The van der Waals surface area contributed by atoms with Crippen LogP contribution in [0.1, 0.15) is 30.5 Å². The summed E-state index contributed by atoms with van der Waals surface area (Å²) in [6.45, 7) is 4.59. The maximum atomic E-state index is 12.1. The molecule has 0 radical (unpaired) electrons. The van der Waals surface area contributed by atoms with Crippen molar-refractivity contribution in [2.75, 3.05) is 19.4 Å². The molecule has 0 saturated carbocycles. The number of aliphatic imine (C=N–C) groups is 1. The van der Waals surface area contributed by atoms with E-state index in [9.17, 15) is 8.42 Å². The largest absolute Gasteiger partial charge is 0.370 e. The number of anilines is 1. The van der Waals surface area contributed by atoms with E-state index in [1.54, 1.807) is 24.3 Å². The first kappa shape index (κ1) is 24.4. The molecule has 0 amide bonds. The quantitative estimate of drug-likeness (QED) is 0.335. The Hall–Kier alpha value is -1.65. The highest BCUT2D eigenvalue weighted by molar-refractivity contribution is 14.0. The fourth-order valence-corrected chi connectivity index (χ4v) is 3.63. The van der Waals surface area contributed by atoms with E-state index < -0.39 is 10.0 Å². The van der Waals surface area contributed by atoms with E-state index in [-0.39, 0.29) is 28.9 Å². The van der Waals surface area contributed by atoms with Crippen LogP contribution in [0.15, 0.2) is 52.4 Å². The summed E-state index contributed by atoms with van der Waals surface area (Å²) in [6, 6.07) is 12.9. The summed E-state index contributed by atoms with van der Waals surface area (Å²) in [6.07, 6.45) is 1.82. The number of hydrogen-bond donors (Lipinski definition) is 2. The highest BCUT2D eigenvalue weighted by atomic mass is 127. The number of aryl methyl sites for hydroxylation is 2. The van der Waals surface area contributed by atoms with Crippen molar-refractivity contribution >= 4 is 45.6 Å². The molecule has 0 fully saturated rings.